The minimum absolute atomic E-state index is 0.142. The van der Waals surface area contributed by atoms with Crippen molar-refractivity contribution in [2.45, 2.75) is 24.9 Å². The molecule has 100 valence electrons. The van der Waals surface area contributed by atoms with E-state index in [2.05, 4.69) is 0 Å². The predicted molar refractivity (Wildman–Crippen MR) is 61.6 cm³/mol. The van der Waals surface area contributed by atoms with Gasteiger partial charge in [-0.15, -0.1) is 0 Å². The first kappa shape index (κ1) is 13.4. The van der Waals surface area contributed by atoms with Gasteiger partial charge in [-0.2, -0.15) is 0 Å². The second kappa shape index (κ2) is 4.90. The summed E-state index contributed by atoms with van der Waals surface area (Å²) in [6, 6.07) is 2.00. The van der Waals surface area contributed by atoms with Crippen molar-refractivity contribution in [2.75, 3.05) is 20.1 Å². The molecule has 1 aliphatic rings. The van der Waals surface area contributed by atoms with Crippen molar-refractivity contribution in [2.24, 2.45) is 0 Å². The van der Waals surface area contributed by atoms with E-state index in [4.69, 9.17) is 0 Å². The standard InChI is InChI=1S/C13H16F3NO/c1-17-7-2-5-13(18,6-8-17)9-3-4-10(14)12(16)11(9)15/h3-4,18H,2,5-8H2,1H3. The Morgan fingerprint density at radius 1 is 1.11 bits per heavy atom. The zero-order valence-electron chi connectivity index (χ0n) is 10.2. The highest BCUT2D eigenvalue weighted by atomic mass is 19.2. The van der Waals surface area contributed by atoms with Crippen molar-refractivity contribution in [1.29, 1.82) is 0 Å². The van der Waals surface area contributed by atoms with Crippen LogP contribution in [0, 0.1) is 17.5 Å². The monoisotopic (exact) mass is 259 g/mol. The second-order valence-corrected chi connectivity index (χ2v) is 4.91. The molecular formula is C13H16F3NO. The molecule has 5 heteroatoms. The van der Waals surface area contributed by atoms with Gasteiger partial charge in [-0.05, 0) is 38.9 Å². The third kappa shape index (κ3) is 2.37. The summed E-state index contributed by atoms with van der Waals surface area (Å²) in [7, 11) is 1.91. The van der Waals surface area contributed by atoms with Crippen LogP contribution in [0.25, 0.3) is 0 Å². The lowest BCUT2D eigenvalue weighted by Gasteiger charge is -2.27. The van der Waals surface area contributed by atoms with Crippen LogP contribution in [0.15, 0.2) is 12.1 Å². The van der Waals surface area contributed by atoms with Gasteiger partial charge < -0.3 is 10.0 Å². The second-order valence-electron chi connectivity index (χ2n) is 4.91. The molecule has 2 nitrogen and oxygen atoms in total. The highest BCUT2D eigenvalue weighted by molar-refractivity contribution is 5.26. The number of likely N-dealkylation sites (tertiary alicyclic amines) is 1. The van der Waals surface area contributed by atoms with Crippen LogP contribution in [0.3, 0.4) is 0 Å². The van der Waals surface area contributed by atoms with E-state index >= 15 is 0 Å². The van der Waals surface area contributed by atoms with Gasteiger partial charge >= 0.3 is 0 Å². The highest BCUT2D eigenvalue weighted by Crippen LogP contribution is 2.35. The van der Waals surface area contributed by atoms with Crippen molar-refractivity contribution in [3.8, 4) is 0 Å². The Morgan fingerprint density at radius 2 is 1.83 bits per heavy atom. The van der Waals surface area contributed by atoms with Crippen LogP contribution in [-0.2, 0) is 5.60 Å². The van der Waals surface area contributed by atoms with E-state index in [0.717, 1.165) is 18.7 Å². The maximum Gasteiger partial charge on any atom is 0.194 e. The molecule has 1 heterocycles. The lowest BCUT2D eigenvalue weighted by Crippen LogP contribution is -2.29. The van der Waals surface area contributed by atoms with Crippen LogP contribution in [-0.4, -0.2) is 30.1 Å². The first-order chi connectivity index (χ1) is 8.44. The molecule has 1 unspecified atom stereocenters. The van der Waals surface area contributed by atoms with Gasteiger partial charge in [0.15, 0.2) is 17.5 Å². The molecule has 2 rings (SSSR count). The smallest absolute Gasteiger partial charge is 0.194 e. The lowest BCUT2D eigenvalue weighted by atomic mass is 9.86. The zero-order valence-corrected chi connectivity index (χ0v) is 10.2. The normalized spacial score (nSPS) is 26.1. The largest absolute Gasteiger partial charge is 0.385 e. The number of hydrogen-bond acceptors (Lipinski definition) is 2. The molecule has 1 aromatic rings. The predicted octanol–water partition coefficient (Wildman–Crippen LogP) is 2.41. The van der Waals surface area contributed by atoms with Crippen molar-refractivity contribution in [3.63, 3.8) is 0 Å². The minimum Gasteiger partial charge on any atom is -0.385 e. The summed E-state index contributed by atoms with van der Waals surface area (Å²) in [6.07, 6.45) is 1.34. The molecule has 0 saturated carbocycles. The number of rotatable bonds is 1. The summed E-state index contributed by atoms with van der Waals surface area (Å²) in [6.45, 7) is 1.39. The summed E-state index contributed by atoms with van der Waals surface area (Å²) in [5.74, 6) is -4.02. The van der Waals surface area contributed by atoms with Gasteiger partial charge in [-0.1, -0.05) is 6.07 Å². The van der Waals surface area contributed by atoms with Gasteiger partial charge in [-0.3, -0.25) is 0 Å². The van der Waals surface area contributed by atoms with Gasteiger partial charge in [-0.25, -0.2) is 13.2 Å². The molecule has 1 fully saturated rings. The average Bonchev–Trinajstić information content (AvgIpc) is 2.49. The number of hydrogen-bond donors (Lipinski definition) is 1. The van der Waals surface area contributed by atoms with Crippen LogP contribution in [0.4, 0.5) is 13.2 Å². The maximum atomic E-state index is 13.7. The van der Waals surface area contributed by atoms with Crippen LogP contribution in [0.5, 0.6) is 0 Å². The van der Waals surface area contributed by atoms with Crippen molar-refractivity contribution in [1.82, 2.24) is 4.90 Å². The minimum atomic E-state index is -1.52. The molecule has 1 saturated heterocycles. The Labute approximate surface area is 104 Å². The fraction of sp³-hybridized carbons (Fsp3) is 0.538. The fourth-order valence-electron chi connectivity index (χ4n) is 2.41. The van der Waals surface area contributed by atoms with Crippen LogP contribution in [0.1, 0.15) is 24.8 Å². The van der Waals surface area contributed by atoms with Gasteiger partial charge in [0.2, 0.25) is 0 Å². The number of benzene rings is 1. The van der Waals surface area contributed by atoms with E-state index in [9.17, 15) is 18.3 Å². The quantitative estimate of drug-likeness (QED) is 0.783. The van der Waals surface area contributed by atoms with Crippen molar-refractivity contribution in [3.05, 3.63) is 35.1 Å². The Morgan fingerprint density at radius 3 is 2.56 bits per heavy atom. The van der Waals surface area contributed by atoms with Gasteiger partial charge in [0.25, 0.3) is 0 Å². The van der Waals surface area contributed by atoms with Crippen LogP contribution >= 0.6 is 0 Å². The summed E-state index contributed by atoms with van der Waals surface area (Å²) < 4.78 is 39.8. The Hall–Kier alpha value is -1.07. The zero-order chi connectivity index (χ0) is 13.3. The summed E-state index contributed by atoms with van der Waals surface area (Å²) in [4.78, 5) is 2.02. The number of aliphatic hydroxyl groups is 1. The molecule has 0 amide bonds. The van der Waals surface area contributed by atoms with Crippen LogP contribution < -0.4 is 0 Å². The van der Waals surface area contributed by atoms with E-state index in [1.54, 1.807) is 0 Å². The van der Waals surface area contributed by atoms with E-state index in [-0.39, 0.29) is 5.56 Å². The Balaban J connectivity index is 2.37. The van der Waals surface area contributed by atoms with Crippen molar-refractivity contribution >= 4 is 0 Å². The Bertz CT molecular complexity index is 452. The maximum absolute atomic E-state index is 13.7. The molecule has 1 aromatic carbocycles. The molecule has 0 spiro atoms. The molecule has 1 N–H and O–H groups in total. The first-order valence-electron chi connectivity index (χ1n) is 5.99. The van der Waals surface area contributed by atoms with Crippen LogP contribution in [0.2, 0.25) is 0 Å². The Kier molecular flexibility index (Phi) is 3.64. The third-order valence-electron chi connectivity index (χ3n) is 3.57. The summed E-state index contributed by atoms with van der Waals surface area (Å²) in [5.41, 5.74) is -1.56. The lowest BCUT2D eigenvalue weighted by molar-refractivity contribution is 0.0176. The molecule has 0 bridgehead atoms. The van der Waals surface area contributed by atoms with Crippen molar-refractivity contribution < 1.29 is 18.3 Å². The molecule has 1 aliphatic heterocycles. The number of nitrogens with zero attached hydrogens (tertiary/aromatic N) is 1. The molecule has 18 heavy (non-hydrogen) atoms. The van der Waals surface area contributed by atoms with E-state index in [1.165, 1.54) is 0 Å². The molecule has 0 radical (unpaired) electrons. The van der Waals surface area contributed by atoms with Gasteiger partial charge in [0, 0.05) is 12.1 Å². The summed E-state index contributed by atoms with van der Waals surface area (Å²) >= 11 is 0. The van der Waals surface area contributed by atoms with Gasteiger partial charge in [0.05, 0.1) is 5.60 Å². The topological polar surface area (TPSA) is 23.5 Å². The third-order valence-corrected chi connectivity index (χ3v) is 3.57. The fourth-order valence-corrected chi connectivity index (χ4v) is 2.41. The average molecular weight is 259 g/mol. The molecule has 1 atom stereocenters. The molecular weight excluding hydrogens is 243 g/mol. The molecule has 0 aromatic heterocycles. The summed E-state index contributed by atoms with van der Waals surface area (Å²) in [5, 5.41) is 10.5. The van der Waals surface area contributed by atoms with E-state index in [1.807, 2.05) is 11.9 Å². The first-order valence-corrected chi connectivity index (χ1v) is 5.99. The molecule has 0 aliphatic carbocycles. The van der Waals surface area contributed by atoms with Gasteiger partial charge in [0.1, 0.15) is 0 Å². The van der Waals surface area contributed by atoms with E-state index in [0.29, 0.717) is 25.8 Å². The SMILES string of the molecule is CN1CCCC(O)(c2ccc(F)c(F)c2F)CC1. The highest BCUT2D eigenvalue weighted by Gasteiger charge is 2.35. The van der Waals surface area contributed by atoms with E-state index < -0.39 is 23.1 Å². The number of halogens is 3.